The number of fused-ring (bicyclic) bond motifs is 1. The van der Waals surface area contributed by atoms with Crippen molar-refractivity contribution in [1.82, 2.24) is 9.78 Å². The van der Waals surface area contributed by atoms with Gasteiger partial charge in [-0.1, -0.05) is 35.9 Å². The molecule has 0 saturated heterocycles. The molecule has 2 aromatic carbocycles. The molecule has 7 nitrogen and oxygen atoms in total. The molecule has 0 aliphatic carbocycles. The van der Waals surface area contributed by atoms with Crippen molar-refractivity contribution >= 4 is 34.8 Å². The fourth-order valence-electron chi connectivity index (χ4n) is 3.27. The van der Waals surface area contributed by atoms with Gasteiger partial charge in [-0.05, 0) is 42.3 Å². The number of nitrogens with zero attached hydrogens (tertiary/aromatic N) is 3. The molecule has 0 fully saturated rings. The van der Waals surface area contributed by atoms with Gasteiger partial charge in [-0.25, -0.2) is 4.68 Å². The Balaban J connectivity index is 1.53. The van der Waals surface area contributed by atoms with Crippen molar-refractivity contribution in [1.29, 1.82) is 0 Å². The first-order valence-electron chi connectivity index (χ1n) is 9.04. The fraction of sp³-hybridized carbons (Fsp3) is 0.143. The molecule has 1 N–H and O–H groups in total. The van der Waals surface area contributed by atoms with E-state index in [1.54, 1.807) is 29.2 Å². The van der Waals surface area contributed by atoms with Crippen LogP contribution in [0.4, 0.5) is 11.4 Å². The number of hydrogen-bond donors (Lipinski definition) is 1. The number of rotatable bonds is 4. The number of benzene rings is 2. The Morgan fingerprint density at radius 3 is 2.72 bits per heavy atom. The van der Waals surface area contributed by atoms with Crippen LogP contribution in [0.3, 0.4) is 0 Å². The first kappa shape index (κ1) is 18.9. The Hall–Kier alpha value is -3.45. The van der Waals surface area contributed by atoms with Crippen LogP contribution < -0.4 is 15.8 Å². The topological polar surface area (TPSA) is 84.3 Å². The number of anilines is 2. The highest BCUT2D eigenvalue weighted by Gasteiger charge is 2.26. The van der Waals surface area contributed by atoms with Crippen molar-refractivity contribution in [3.8, 4) is 0 Å². The van der Waals surface area contributed by atoms with Crippen LogP contribution in [0.5, 0.6) is 0 Å². The lowest BCUT2D eigenvalue weighted by Gasteiger charge is -2.17. The van der Waals surface area contributed by atoms with E-state index in [2.05, 4.69) is 10.4 Å². The van der Waals surface area contributed by atoms with Crippen LogP contribution in [-0.4, -0.2) is 28.1 Å². The van der Waals surface area contributed by atoms with Gasteiger partial charge in [0.2, 0.25) is 5.91 Å². The van der Waals surface area contributed by atoms with E-state index in [1.165, 1.54) is 12.1 Å². The second-order valence-corrected chi connectivity index (χ2v) is 7.04. The SMILES string of the molecule is O=C(Cn1nc(C(=O)N2CCc3ccccc32)ccc1=O)Nc1cccc(Cl)c1. The smallest absolute Gasteiger partial charge is 0.278 e. The highest BCUT2D eigenvalue weighted by Crippen LogP contribution is 2.28. The second kappa shape index (κ2) is 7.89. The van der Waals surface area contributed by atoms with E-state index in [4.69, 9.17) is 11.6 Å². The molecule has 8 heteroatoms. The first-order valence-corrected chi connectivity index (χ1v) is 9.42. The Morgan fingerprint density at radius 1 is 1.07 bits per heavy atom. The summed E-state index contributed by atoms with van der Waals surface area (Å²) in [6, 6.07) is 17.0. The van der Waals surface area contributed by atoms with Crippen LogP contribution in [0, 0.1) is 0 Å². The van der Waals surface area contributed by atoms with Crippen molar-refractivity contribution in [2.24, 2.45) is 0 Å². The lowest BCUT2D eigenvalue weighted by Crippen LogP contribution is -2.34. The summed E-state index contributed by atoms with van der Waals surface area (Å²) >= 11 is 5.91. The van der Waals surface area contributed by atoms with Crippen molar-refractivity contribution in [2.45, 2.75) is 13.0 Å². The van der Waals surface area contributed by atoms with Crippen LogP contribution >= 0.6 is 11.6 Å². The molecule has 0 atom stereocenters. The number of carbonyl (C=O) groups is 2. The average molecular weight is 409 g/mol. The lowest BCUT2D eigenvalue weighted by atomic mass is 10.2. The molecule has 0 bridgehead atoms. The van der Waals surface area contributed by atoms with Gasteiger partial charge in [0, 0.05) is 29.0 Å². The molecule has 2 amide bonds. The molecule has 29 heavy (non-hydrogen) atoms. The third-order valence-electron chi connectivity index (χ3n) is 4.62. The Bertz CT molecular complexity index is 1160. The molecular formula is C21H17ClN4O3. The van der Waals surface area contributed by atoms with E-state index < -0.39 is 11.5 Å². The number of para-hydroxylation sites is 1. The van der Waals surface area contributed by atoms with Gasteiger partial charge in [-0.2, -0.15) is 5.10 Å². The number of nitrogens with one attached hydrogen (secondary N) is 1. The maximum Gasteiger partial charge on any atom is 0.278 e. The van der Waals surface area contributed by atoms with E-state index in [1.807, 2.05) is 24.3 Å². The minimum atomic E-state index is -0.468. The maximum atomic E-state index is 12.9. The minimum Gasteiger partial charge on any atom is -0.324 e. The predicted octanol–water partition coefficient (Wildman–Crippen LogP) is 2.74. The monoisotopic (exact) mass is 408 g/mol. The number of aromatic nitrogens is 2. The standard InChI is InChI=1S/C21H17ClN4O3/c22-15-5-3-6-16(12-15)23-19(27)13-26-20(28)9-8-17(24-26)21(29)25-11-10-14-4-1-2-7-18(14)25/h1-9,12H,10-11,13H2,(H,23,27). The summed E-state index contributed by atoms with van der Waals surface area (Å²) in [5, 5.41) is 7.25. The number of hydrogen-bond acceptors (Lipinski definition) is 4. The largest absolute Gasteiger partial charge is 0.324 e. The fourth-order valence-corrected chi connectivity index (χ4v) is 3.46. The average Bonchev–Trinajstić information content (AvgIpc) is 3.13. The molecular weight excluding hydrogens is 392 g/mol. The predicted molar refractivity (Wildman–Crippen MR) is 110 cm³/mol. The van der Waals surface area contributed by atoms with E-state index >= 15 is 0 Å². The third-order valence-corrected chi connectivity index (χ3v) is 4.85. The highest BCUT2D eigenvalue weighted by molar-refractivity contribution is 6.30. The molecule has 2 heterocycles. The zero-order chi connectivity index (χ0) is 20.4. The van der Waals surface area contributed by atoms with Crippen molar-refractivity contribution in [2.75, 3.05) is 16.8 Å². The van der Waals surface area contributed by atoms with Gasteiger partial charge >= 0.3 is 0 Å². The van der Waals surface area contributed by atoms with E-state index in [9.17, 15) is 14.4 Å². The number of halogens is 1. The molecule has 3 aromatic rings. The van der Waals surface area contributed by atoms with Gasteiger partial charge in [0.15, 0.2) is 0 Å². The van der Waals surface area contributed by atoms with Crippen LogP contribution in [-0.2, 0) is 17.8 Å². The van der Waals surface area contributed by atoms with Crippen LogP contribution in [0.1, 0.15) is 16.1 Å². The van der Waals surface area contributed by atoms with Crippen molar-refractivity contribution < 1.29 is 9.59 Å². The molecule has 4 rings (SSSR count). The second-order valence-electron chi connectivity index (χ2n) is 6.61. The lowest BCUT2D eigenvalue weighted by molar-refractivity contribution is -0.117. The Morgan fingerprint density at radius 2 is 1.90 bits per heavy atom. The summed E-state index contributed by atoms with van der Waals surface area (Å²) in [7, 11) is 0. The normalized spacial score (nSPS) is 12.5. The van der Waals surface area contributed by atoms with E-state index in [0.717, 1.165) is 22.4 Å². The summed E-state index contributed by atoms with van der Waals surface area (Å²) in [5.74, 6) is -0.753. The maximum absolute atomic E-state index is 12.9. The summed E-state index contributed by atoms with van der Waals surface area (Å²) in [5.41, 5.74) is 2.09. The molecule has 0 saturated carbocycles. The van der Waals surface area contributed by atoms with E-state index in [0.29, 0.717) is 17.3 Å². The quantitative estimate of drug-likeness (QED) is 0.719. The molecule has 1 aliphatic rings. The molecule has 1 aliphatic heterocycles. The molecule has 0 radical (unpaired) electrons. The summed E-state index contributed by atoms with van der Waals surface area (Å²) in [6.45, 7) is 0.233. The zero-order valence-electron chi connectivity index (χ0n) is 15.3. The number of amides is 2. The number of carbonyl (C=O) groups excluding carboxylic acids is 2. The van der Waals surface area contributed by atoms with Gasteiger partial charge in [0.25, 0.3) is 11.5 Å². The first-order chi connectivity index (χ1) is 14.0. The van der Waals surface area contributed by atoms with Gasteiger partial charge < -0.3 is 10.2 Å². The Kier molecular flexibility index (Phi) is 5.14. The van der Waals surface area contributed by atoms with Crippen LogP contribution in [0.25, 0.3) is 0 Å². The van der Waals surface area contributed by atoms with Crippen molar-refractivity contribution in [3.05, 3.63) is 87.3 Å². The summed E-state index contributed by atoms with van der Waals surface area (Å²) in [4.78, 5) is 39.0. The molecule has 0 spiro atoms. The van der Waals surface area contributed by atoms with Crippen LogP contribution in [0.2, 0.25) is 5.02 Å². The van der Waals surface area contributed by atoms with E-state index in [-0.39, 0.29) is 18.1 Å². The van der Waals surface area contributed by atoms with Gasteiger partial charge in [-0.3, -0.25) is 14.4 Å². The van der Waals surface area contributed by atoms with Gasteiger partial charge in [-0.15, -0.1) is 0 Å². The highest BCUT2D eigenvalue weighted by atomic mass is 35.5. The zero-order valence-corrected chi connectivity index (χ0v) is 16.1. The van der Waals surface area contributed by atoms with Gasteiger partial charge in [0.05, 0.1) is 0 Å². The minimum absolute atomic E-state index is 0.108. The molecule has 146 valence electrons. The Labute approximate surface area is 171 Å². The van der Waals surface area contributed by atoms with Crippen LogP contribution in [0.15, 0.2) is 65.5 Å². The van der Waals surface area contributed by atoms with Gasteiger partial charge in [0.1, 0.15) is 12.2 Å². The molecule has 0 unspecified atom stereocenters. The summed E-state index contributed by atoms with van der Waals surface area (Å²) in [6.07, 6.45) is 0.767. The third kappa shape index (κ3) is 4.05. The summed E-state index contributed by atoms with van der Waals surface area (Å²) < 4.78 is 0.981. The molecule has 1 aromatic heterocycles. The van der Waals surface area contributed by atoms with Crippen molar-refractivity contribution in [3.63, 3.8) is 0 Å².